The average molecular weight is 314 g/mol. The van der Waals surface area contributed by atoms with Crippen LogP contribution in [0.1, 0.15) is 44.6 Å². The van der Waals surface area contributed by atoms with Crippen LogP contribution >= 0.6 is 11.6 Å². The summed E-state index contributed by atoms with van der Waals surface area (Å²) in [5.74, 6) is -0.209. The van der Waals surface area contributed by atoms with E-state index in [9.17, 15) is 4.39 Å². The fourth-order valence-electron chi connectivity index (χ4n) is 2.96. The summed E-state index contributed by atoms with van der Waals surface area (Å²) in [5.41, 5.74) is 0.620. The fourth-order valence-corrected chi connectivity index (χ4v) is 3.20. The lowest BCUT2D eigenvalue weighted by Gasteiger charge is -2.25. The highest BCUT2D eigenvalue weighted by Crippen LogP contribution is 2.23. The normalized spacial score (nSPS) is 20.4. The molecular formula is C17H25ClFNO. The molecule has 0 bridgehead atoms. The molecule has 0 aliphatic carbocycles. The Morgan fingerprint density at radius 3 is 2.95 bits per heavy atom. The Morgan fingerprint density at radius 1 is 1.43 bits per heavy atom. The van der Waals surface area contributed by atoms with Crippen molar-refractivity contribution in [3.63, 3.8) is 0 Å². The lowest BCUT2D eigenvalue weighted by Crippen LogP contribution is -2.33. The first-order chi connectivity index (χ1) is 10.2. The molecule has 0 aromatic heterocycles. The zero-order valence-electron chi connectivity index (χ0n) is 12.7. The maximum absolute atomic E-state index is 13.9. The SMILES string of the molecule is CCNC(CCC1CCCCO1)Cc1c(F)cccc1Cl. The molecule has 2 nitrogen and oxygen atoms in total. The largest absolute Gasteiger partial charge is 0.378 e. The number of hydrogen-bond acceptors (Lipinski definition) is 2. The molecule has 118 valence electrons. The van der Waals surface area contributed by atoms with Gasteiger partial charge in [0.25, 0.3) is 0 Å². The van der Waals surface area contributed by atoms with Crippen molar-refractivity contribution in [3.8, 4) is 0 Å². The van der Waals surface area contributed by atoms with E-state index in [2.05, 4.69) is 12.2 Å². The van der Waals surface area contributed by atoms with Gasteiger partial charge in [-0.3, -0.25) is 0 Å². The third-order valence-corrected chi connectivity index (χ3v) is 4.47. The Bertz CT molecular complexity index is 415. The average Bonchev–Trinajstić information content (AvgIpc) is 2.49. The highest BCUT2D eigenvalue weighted by atomic mass is 35.5. The van der Waals surface area contributed by atoms with E-state index in [1.54, 1.807) is 12.1 Å². The van der Waals surface area contributed by atoms with Crippen LogP contribution in [0.15, 0.2) is 18.2 Å². The van der Waals surface area contributed by atoms with Gasteiger partial charge in [0.05, 0.1) is 6.10 Å². The van der Waals surface area contributed by atoms with Gasteiger partial charge < -0.3 is 10.1 Å². The molecule has 1 saturated heterocycles. The molecule has 21 heavy (non-hydrogen) atoms. The Hall–Kier alpha value is -0.640. The van der Waals surface area contributed by atoms with Crippen molar-refractivity contribution in [1.82, 2.24) is 5.32 Å². The molecule has 2 unspecified atom stereocenters. The van der Waals surface area contributed by atoms with Gasteiger partial charge in [0, 0.05) is 23.2 Å². The van der Waals surface area contributed by atoms with Crippen molar-refractivity contribution >= 4 is 11.6 Å². The van der Waals surface area contributed by atoms with Crippen molar-refractivity contribution in [2.45, 2.75) is 57.6 Å². The van der Waals surface area contributed by atoms with E-state index in [0.29, 0.717) is 23.1 Å². The van der Waals surface area contributed by atoms with E-state index >= 15 is 0 Å². The number of hydrogen-bond donors (Lipinski definition) is 1. The number of benzene rings is 1. The Labute approximate surface area is 132 Å². The summed E-state index contributed by atoms with van der Waals surface area (Å²) in [6, 6.07) is 5.14. The fraction of sp³-hybridized carbons (Fsp3) is 0.647. The topological polar surface area (TPSA) is 21.3 Å². The van der Waals surface area contributed by atoms with Crippen LogP contribution in [0.4, 0.5) is 4.39 Å². The molecule has 1 heterocycles. The predicted molar refractivity (Wildman–Crippen MR) is 85.4 cm³/mol. The highest BCUT2D eigenvalue weighted by Gasteiger charge is 2.18. The molecule has 1 aromatic carbocycles. The summed E-state index contributed by atoms with van der Waals surface area (Å²) < 4.78 is 19.7. The van der Waals surface area contributed by atoms with Crippen molar-refractivity contribution in [2.24, 2.45) is 0 Å². The number of likely N-dealkylation sites (N-methyl/N-ethyl adjacent to an activating group) is 1. The standard InChI is InChI=1S/C17H25ClFNO/c1-2-20-13(9-10-14-6-3-4-11-21-14)12-15-16(18)7-5-8-17(15)19/h5,7-8,13-14,20H,2-4,6,9-12H2,1H3. The van der Waals surface area contributed by atoms with E-state index in [4.69, 9.17) is 16.3 Å². The molecule has 0 radical (unpaired) electrons. The number of nitrogens with one attached hydrogen (secondary N) is 1. The van der Waals surface area contributed by atoms with Gasteiger partial charge in [-0.1, -0.05) is 24.6 Å². The molecule has 1 aliphatic heterocycles. The molecule has 1 aliphatic rings. The Morgan fingerprint density at radius 2 is 2.29 bits per heavy atom. The second-order valence-corrected chi connectivity index (χ2v) is 6.13. The van der Waals surface area contributed by atoms with Crippen LogP contribution in [0.25, 0.3) is 0 Å². The second kappa shape index (κ2) is 8.72. The van der Waals surface area contributed by atoms with Gasteiger partial charge in [-0.2, -0.15) is 0 Å². The molecule has 1 N–H and O–H groups in total. The van der Waals surface area contributed by atoms with E-state index in [1.165, 1.54) is 18.9 Å². The number of halogens is 2. The molecule has 0 saturated carbocycles. The maximum atomic E-state index is 13.9. The van der Waals surface area contributed by atoms with Crippen LogP contribution in [-0.4, -0.2) is 25.3 Å². The lowest BCUT2D eigenvalue weighted by molar-refractivity contribution is 0.00860. The van der Waals surface area contributed by atoms with Crippen molar-refractivity contribution < 1.29 is 9.13 Å². The summed E-state index contributed by atoms with van der Waals surface area (Å²) in [4.78, 5) is 0. The Balaban J connectivity index is 1.91. The summed E-state index contributed by atoms with van der Waals surface area (Å²) in [6.07, 6.45) is 6.61. The molecule has 1 aromatic rings. The van der Waals surface area contributed by atoms with Crippen LogP contribution < -0.4 is 5.32 Å². The maximum Gasteiger partial charge on any atom is 0.127 e. The minimum atomic E-state index is -0.209. The highest BCUT2D eigenvalue weighted by molar-refractivity contribution is 6.31. The van der Waals surface area contributed by atoms with Crippen LogP contribution in [0.3, 0.4) is 0 Å². The van der Waals surface area contributed by atoms with Crippen molar-refractivity contribution in [1.29, 1.82) is 0 Å². The minimum Gasteiger partial charge on any atom is -0.378 e. The monoisotopic (exact) mass is 313 g/mol. The molecule has 0 spiro atoms. The summed E-state index contributed by atoms with van der Waals surface area (Å²) in [6.45, 7) is 3.84. The van der Waals surface area contributed by atoms with Gasteiger partial charge in [0.1, 0.15) is 5.82 Å². The molecule has 2 atom stereocenters. The first-order valence-electron chi connectivity index (χ1n) is 7.98. The molecule has 4 heteroatoms. The zero-order valence-corrected chi connectivity index (χ0v) is 13.5. The van der Waals surface area contributed by atoms with Gasteiger partial charge >= 0.3 is 0 Å². The number of rotatable bonds is 7. The van der Waals surface area contributed by atoms with E-state index < -0.39 is 0 Å². The van der Waals surface area contributed by atoms with Gasteiger partial charge in [-0.05, 0) is 57.2 Å². The van der Waals surface area contributed by atoms with E-state index in [-0.39, 0.29) is 11.9 Å². The van der Waals surface area contributed by atoms with Crippen LogP contribution in [0.2, 0.25) is 5.02 Å². The zero-order chi connectivity index (χ0) is 15.1. The Kier molecular flexibility index (Phi) is 6.94. The van der Waals surface area contributed by atoms with Gasteiger partial charge in [-0.15, -0.1) is 0 Å². The quantitative estimate of drug-likeness (QED) is 0.808. The first kappa shape index (κ1) is 16.7. The molecule has 0 amide bonds. The van der Waals surface area contributed by atoms with Gasteiger partial charge in [-0.25, -0.2) is 4.39 Å². The van der Waals surface area contributed by atoms with Crippen LogP contribution in [0.5, 0.6) is 0 Å². The van der Waals surface area contributed by atoms with E-state index in [0.717, 1.165) is 32.4 Å². The summed E-state index contributed by atoms with van der Waals surface area (Å²) >= 11 is 6.13. The summed E-state index contributed by atoms with van der Waals surface area (Å²) in [5, 5.41) is 3.96. The number of ether oxygens (including phenoxy) is 1. The van der Waals surface area contributed by atoms with Crippen molar-refractivity contribution in [2.75, 3.05) is 13.2 Å². The van der Waals surface area contributed by atoms with Crippen LogP contribution in [-0.2, 0) is 11.2 Å². The first-order valence-corrected chi connectivity index (χ1v) is 8.36. The molecule has 1 fully saturated rings. The summed E-state index contributed by atoms with van der Waals surface area (Å²) in [7, 11) is 0. The minimum absolute atomic E-state index is 0.209. The van der Waals surface area contributed by atoms with E-state index in [1.807, 2.05) is 0 Å². The lowest BCUT2D eigenvalue weighted by atomic mass is 9.97. The third kappa shape index (κ3) is 5.24. The third-order valence-electron chi connectivity index (χ3n) is 4.12. The van der Waals surface area contributed by atoms with Crippen LogP contribution in [0, 0.1) is 5.82 Å². The van der Waals surface area contributed by atoms with Gasteiger partial charge in [0.15, 0.2) is 0 Å². The van der Waals surface area contributed by atoms with Gasteiger partial charge in [0.2, 0.25) is 0 Å². The molecule has 2 rings (SSSR count). The molecular weight excluding hydrogens is 289 g/mol. The predicted octanol–water partition coefficient (Wildman–Crippen LogP) is 4.35. The van der Waals surface area contributed by atoms with Crippen molar-refractivity contribution in [3.05, 3.63) is 34.6 Å². The second-order valence-electron chi connectivity index (χ2n) is 5.72. The smallest absolute Gasteiger partial charge is 0.127 e.